The number of cyclic esters (lactones) is 2. The molecule has 3 heterocycles. The Morgan fingerprint density at radius 3 is 1.45 bits per heavy atom. The largest absolute Gasteiger partial charge is 0.508 e. The molecular formula is C57H79O18PSi2. The van der Waals surface area contributed by atoms with Crippen LogP contribution in [0.2, 0.25) is 22.2 Å². The monoisotopic (exact) mass is 1140 g/mol. The Labute approximate surface area is 461 Å². The fourth-order valence-electron chi connectivity index (χ4n) is 10.7. The van der Waals surface area contributed by atoms with E-state index >= 15 is 0 Å². The highest BCUT2D eigenvalue weighted by molar-refractivity contribution is 7.48. The van der Waals surface area contributed by atoms with Crippen LogP contribution in [0.1, 0.15) is 77.6 Å². The molecule has 428 valence electrons. The molecule has 18 nitrogen and oxygen atoms in total. The predicted molar refractivity (Wildman–Crippen MR) is 291 cm³/mol. The standard InChI is InChI=1S/C57H79O18PSi2/c1-37(2)77(38(3)4)73-52-47(58)50(51(48(59)53(52)74-78(75-77,39(5)6)40(7)8)72-76(61,62-9)68-35-45-34-67-57(60)69-45)71-56-55(66-33-44-28-20-13-21-29-44)54(65-32-43-26-18-12-19-27-43)49(64-31-42-24-16-11-17-25-42)46(70-56)36-63-30-41-22-14-10-15-23-41/h10-29,37-40,45-56,58-59H,30-36H2,1-9H3/t45-,46-,47-,48+,49-,50-,51-,52+,53+,54+,55+,56-,76+/m1/s1. The van der Waals surface area contributed by atoms with Crippen molar-refractivity contribution in [1.29, 1.82) is 0 Å². The number of hydrogen-bond acceptors (Lipinski definition) is 18. The highest BCUT2D eigenvalue weighted by Gasteiger charge is 2.67. The van der Waals surface area contributed by atoms with E-state index in [4.69, 9.17) is 64.4 Å². The first-order valence-corrected chi connectivity index (χ1v) is 32.5. The zero-order valence-electron chi connectivity index (χ0n) is 46.1. The summed E-state index contributed by atoms with van der Waals surface area (Å²) in [5, 5.41) is 26.4. The molecule has 3 saturated heterocycles. The SMILES string of the molecule is CO[P@@](=O)(OC[C@H]1COC(=O)O1)O[C@@H]1[C@H](O)[C@@H]2O[Si](C(C)C)(C(C)C)O[Si](C(C)C)(C(C)C)O[C@H]2[C@H](O)[C@H]1O[C@H]1O[C@H](COCc2ccccc2)[C@@H](OCc2ccccc2)[C@H](OCc2ccccc2)[C@@H]1OCc1ccccc1. The molecule has 0 bridgehead atoms. The number of ether oxygens (including phenoxy) is 8. The Kier molecular flexibility index (Phi) is 21.2. The smallest absolute Gasteiger partial charge is 0.430 e. The molecule has 4 aliphatic rings. The van der Waals surface area contributed by atoms with Crippen molar-refractivity contribution >= 4 is 31.1 Å². The summed E-state index contributed by atoms with van der Waals surface area (Å²) in [5.74, 6) is 0. The van der Waals surface area contributed by atoms with Gasteiger partial charge in [0.2, 0.25) is 0 Å². The minimum atomic E-state index is -4.75. The number of phosphoric ester groups is 1. The first-order valence-electron chi connectivity index (χ1n) is 27.1. The Balaban J connectivity index is 1.24. The van der Waals surface area contributed by atoms with Gasteiger partial charge in [0, 0.05) is 7.11 Å². The van der Waals surface area contributed by atoms with Crippen molar-refractivity contribution in [1.82, 2.24) is 0 Å². The minimum absolute atomic E-state index is 0.0181. The number of rotatable bonds is 25. The second kappa shape index (κ2) is 27.3. The van der Waals surface area contributed by atoms with Crippen LogP contribution in [-0.4, -0.2) is 134 Å². The summed E-state index contributed by atoms with van der Waals surface area (Å²) in [6.07, 6.45) is -16.6. The molecule has 0 radical (unpaired) electrons. The zero-order chi connectivity index (χ0) is 55.6. The molecule has 4 aromatic rings. The summed E-state index contributed by atoms with van der Waals surface area (Å²) < 4.78 is 106. The van der Waals surface area contributed by atoms with Gasteiger partial charge in [0.05, 0.1) is 39.6 Å². The van der Waals surface area contributed by atoms with E-state index in [9.17, 15) is 19.6 Å². The zero-order valence-corrected chi connectivity index (χ0v) is 49.0. The fourth-order valence-corrected chi connectivity index (χ4v) is 23.1. The van der Waals surface area contributed by atoms with Crippen molar-refractivity contribution in [3.63, 3.8) is 0 Å². The van der Waals surface area contributed by atoms with Crippen LogP contribution in [0.4, 0.5) is 4.79 Å². The average Bonchev–Trinajstić information content (AvgIpc) is 3.91. The Bertz CT molecular complexity index is 2480. The van der Waals surface area contributed by atoms with Gasteiger partial charge in [-0.25, -0.2) is 9.36 Å². The van der Waals surface area contributed by atoms with E-state index < -0.39 is 111 Å². The number of carbonyl (C=O) groups is 1. The van der Waals surface area contributed by atoms with E-state index in [0.717, 1.165) is 29.4 Å². The fraction of sp³-hybridized carbons (Fsp3) is 0.561. The highest BCUT2D eigenvalue weighted by atomic mass is 31.2. The number of aliphatic hydroxyl groups excluding tert-OH is 2. The molecule has 4 aromatic carbocycles. The number of hydrogen-bond donors (Lipinski definition) is 2. The first-order chi connectivity index (χ1) is 37.5. The maximum Gasteiger partial charge on any atom is 0.508 e. The minimum Gasteiger partial charge on any atom is -0.430 e. The van der Waals surface area contributed by atoms with Crippen LogP contribution < -0.4 is 0 Å². The van der Waals surface area contributed by atoms with Gasteiger partial charge in [-0.2, -0.15) is 0 Å². The lowest BCUT2D eigenvalue weighted by atomic mass is 9.84. The molecule has 4 fully saturated rings. The van der Waals surface area contributed by atoms with E-state index in [-0.39, 0.29) is 61.8 Å². The lowest BCUT2D eigenvalue weighted by Crippen LogP contribution is -2.70. The molecule has 8 rings (SSSR count). The van der Waals surface area contributed by atoms with Crippen molar-refractivity contribution in [2.24, 2.45) is 0 Å². The van der Waals surface area contributed by atoms with E-state index in [2.05, 4.69) is 0 Å². The lowest BCUT2D eigenvalue weighted by molar-refractivity contribution is -0.354. The molecule has 1 saturated carbocycles. The molecule has 1 aliphatic carbocycles. The average molecular weight is 1140 g/mol. The summed E-state index contributed by atoms with van der Waals surface area (Å²) in [7, 11) is -10.5. The molecule has 0 spiro atoms. The third-order valence-electron chi connectivity index (χ3n) is 14.8. The Morgan fingerprint density at radius 1 is 0.577 bits per heavy atom. The van der Waals surface area contributed by atoms with Crippen LogP contribution in [0.15, 0.2) is 121 Å². The van der Waals surface area contributed by atoms with Crippen LogP contribution >= 0.6 is 7.82 Å². The second-order valence-corrected chi connectivity index (χ2v) is 32.1. The molecule has 21 heteroatoms. The van der Waals surface area contributed by atoms with Crippen molar-refractivity contribution in [3.05, 3.63) is 144 Å². The second-order valence-electron chi connectivity index (χ2n) is 21.5. The summed E-state index contributed by atoms with van der Waals surface area (Å²) in [4.78, 5) is 11.9. The van der Waals surface area contributed by atoms with Crippen molar-refractivity contribution in [2.45, 2.75) is 177 Å². The van der Waals surface area contributed by atoms with Gasteiger partial charge in [0.1, 0.15) is 67.6 Å². The normalized spacial score (nSPS) is 29.7. The van der Waals surface area contributed by atoms with Crippen LogP contribution in [-0.2, 0) is 95.4 Å². The van der Waals surface area contributed by atoms with E-state index in [1.54, 1.807) is 0 Å². The van der Waals surface area contributed by atoms with Crippen LogP contribution in [0.3, 0.4) is 0 Å². The Morgan fingerprint density at radius 2 is 1.01 bits per heavy atom. The van der Waals surface area contributed by atoms with Crippen molar-refractivity contribution in [3.8, 4) is 0 Å². The molecular weight excluding hydrogens is 1060 g/mol. The van der Waals surface area contributed by atoms with Crippen molar-refractivity contribution < 1.29 is 84.0 Å². The molecule has 0 aromatic heterocycles. The van der Waals surface area contributed by atoms with Crippen molar-refractivity contribution in [2.75, 3.05) is 26.9 Å². The molecule has 3 aliphatic heterocycles. The van der Waals surface area contributed by atoms with E-state index in [1.165, 1.54) is 0 Å². The van der Waals surface area contributed by atoms with Gasteiger partial charge in [0.15, 0.2) is 12.4 Å². The number of phosphoric acid groups is 1. The van der Waals surface area contributed by atoms with Crippen LogP contribution in [0.5, 0.6) is 0 Å². The van der Waals surface area contributed by atoms with E-state index in [0.29, 0.717) is 0 Å². The van der Waals surface area contributed by atoms with Gasteiger partial charge >= 0.3 is 31.1 Å². The third kappa shape index (κ3) is 14.3. The van der Waals surface area contributed by atoms with Crippen LogP contribution in [0, 0.1) is 0 Å². The molecule has 2 N–H and O–H groups in total. The number of benzene rings is 4. The molecule has 0 unspecified atom stereocenters. The number of carbonyl (C=O) groups excluding carboxylic acids is 1. The topological polar surface area (TPSA) is 204 Å². The predicted octanol–water partition coefficient (Wildman–Crippen LogP) is 9.82. The highest BCUT2D eigenvalue weighted by Crippen LogP contribution is 2.55. The molecule has 13 atom stereocenters. The maximum absolute atomic E-state index is 14.9. The Hall–Kier alpha value is -3.75. The maximum atomic E-state index is 14.9. The summed E-state index contributed by atoms with van der Waals surface area (Å²) in [6, 6.07) is 38.7. The quantitative estimate of drug-likeness (QED) is 0.0360. The molecule has 0 amide bonds. The number of fused-ring (bicyclic) bond motifs is 1. The summed E-state index contributed by atoms with van der Waals surface area (Å²) in [5.41, 5.74) is 2.92. The first kappa shape index (κ1) is 60.4. The lowest BCUT2D eigenvalue weighted by Gasteiger charge is -2.51. The van der Waals surface area contributed by atoms with Gasteiger partial charge in [-0.05, 0) is 44.4 Å². The van der Waals surface area contributed by atoms with Crippen LogP contribution in [0.25, 0.3) is 0 Å². The van der Waals surface area contributed by atoms with Gasteiger partial charge in [-0.15, -0.1) is 0 Å². The summed E-state index contributed by atoms with van der Waals surface area (Å²) in [6.45, 7) is 16.3. The van der Waals surface area contributed by atoms with Gasteiger partial charge in [-0.1, -0.05) is 177 Å². The van der Waals surface area contributed by atoms with Gasteiger partial charge in [0.25, 0.3) is 0 Å². The third-order valence-corrected chi connectivity index (χ3v) is 26.5. The summed E-state index contributed by atoms with van der Waals surface area (Å²) >= 11 is 0. The van der Waals surface area contributed by atoms with Gasteiger partial charge in [-0.3, -0.25) is 13.6 Å². The van der Waals surface area contributed by atoms with Gasteiger partial charge < -0.3 is 61.1 Å². The number of aliphatic hydroxyl groups is 2. The van der Waals surface area contributed by atoms with E-state index in [1.807, 2.05) is 177 Å². The molecule has 78 heavy (non-hydrogen) atoms.